The van der Waals surface area contributed by atoms with Crippen LogP contribution >= 0.6 is 11.8 Å². The van der Waals surface area contributed by atoms with E-state index in [1.807, 2.05) is 30.3 Å². The Hall–Kier alpha value is -3.33. The van der Waals surface area contributed by atoms with Crippen molar-refractivity contribution >= 4 is 29.3 Å². The number of carbonyl (C=O) groups excluding carboxylic acids is 2. The molecule has 1 amide bonds. The van der Waals surface area contributed by atoms with E-state index in [2.05, 4.69) is 15.5 Å². The molecule has 0 unspecified atom stereocenters. The summed E-state index contributed by atoms with van der Waals surface area (Å²) in [5, 5.41) is 10.8. The maximum atomic E-state index is 12.2. The molecule has 0 bridgehead atoms. The SMILES string of the molecule is CC(C)OC(=O)c1cccc(NC(=O)CSc2nnc(COc3ccccc3)o2)c1. The van der Waals surface area contributed by atoms with E-state index < -0.39 is 5.97 Å². The van der Waals surface area contributed by atoms with Gasteiger partial charge in [-0.15, -0.1) is 10.2 Å². The molecular formula is C21H21N3O5S. The molecule has 0 aliphatic carbocycles. The number of para-hydroxylation sites is 1. The number of anilines is 1. The van der Waals surface area contributed by atoms with E-state index in [1.54, 1.807) is 38.1 Å². The highest BCUT2D eigenvalue weighted by Gasteiger charge is 2.13. The fourth-order valence-electron chi connectivity index (χ4n) is 2.35. The van der Waals surface area contributed by atoms with Crippen LogP contribution in [0.1, 0.15) is 30.1 Å². The number of nitrogens with one attached hydrogen (secondary N) is 1. The smallest absolute Gasteiger partial charge is 0.338 e. The number of nitrogens with zero attached hydrogens (tertiary/aromatic N) is 2. The third-order valence-corrected chi connectivity index (χ3v) is 4.42. The summed E-state index contributed by atoms with van der Waals surface area (Å²) < 4.78 is 16.2. The van der Waals surface area contributed by atoms with Crippen LogP contribution in [0.15, 0.2) is 64.2 Å². The number of esters is 1. The quantitative estimate of drug-likeness (QED) is 0.404. The molecule has 0 spiro atoms. The lowest BCUT2D eigenvalue weighted by atomic mass is 10.2. The van der Waals surface area contributed by atoms with Crippen molar-refractivity contribution in [2.45, 2.75) is 31.8 Å². The van der Waals surface area contributed by atoms with Crippen molar-refractivity contribution in [1.82, 2.24) is 10.2 Å². The van der Waals surface area contributed by atoms with Crippen LogP contribution in [-0.4, -0.2) is 33.9 Å². The topological polar surface area (TPSA) is 104 Å². The maximum absolute atomic E-state index is 12.2. The van der Waals surface area contributed by atoms with Crippen LogP contribution < -0.4 is 10.1 Å². The van der Waals surface area contributed by atoms with Gasteiger partial charge in [0.25, 0.3) is 11.1 Å². The molecular weight excluding hydrogens is 406 g/mol. The Balaban J connectivity index is 1.47. The van der Waals surface area contributed by atoms with Crippen molar-refractivity contribution < 1.29 is 23.5 Å². The number of rotatable bonds is 9. The van der Waals surface area contributed by atoms with E-state index in [0.29, 0.717) is 22.9 Å². The summed E-state index contributed by atoms with van der Waals surface area (Å²) in [6.07, 6.45) is -0.218. The molecule has 9 heteroatoms. The molecule has 8 nitrogen and oxygen atoms in total. The Morgan fingerprint density at radius 3 is 2.67 bits per heavy atom. The summed E-state index contributed by atoms with van der Waals surface area (Å²) >= 11 is 1.11. The molecule has 3 aromatic rings. The van der Waals surface area contributed by atoms with Crippen molar-refractivity contribution in [2.24, 2.45) is 0 Å². The van der Waals surface area contributed by atoms with Gasteiger partial charge in [0.1, 0.15) is 5.75 Å². The molecule has 0 radical (unpaired) electrons. The average Bonchev–Trinajstić information content (AvgIpc) is 3.19. The number of amides is 1. The fraction of sp³-hybridized carbons (Fsp3) is 0.238. The van der Waals surface area contributed by atoms with Crippen molar-refractivity contribution in [2.75, 3.05) is 11.1 Å². The number of aromatic nitrogens is 2. The first kappa shape index (κ1) is 21.4. The molecule has 2 aromatic carbocycles. The van der Waals surface area contributed by atoms with Crippen molar-refractivity contribution in [3.05, 3.63) is 66.1 Å². The lowest BCUT2D eigenvalue weighted by Gasteiger charge is -2.09. The number of benzene rings is 2. The van der Waals surface area contributed by atoms with E-state index >= 15 is 0 Å². The molecule has 30 heavy (non-hydrogen) atoms. The predicted octanol–water partition coefficient (Wildman–Crippen LogP) is 3.94. The molecule has 0 aliphatic rings. The highest BCUT2D eigenvalue weighted by Crippen LogP contribution is 2.19. The zero-order chi connectivity index (χ0) is 21.3. The minimum absolute atomic E-state index is 0.0713. The van der Waals surface area contributed by atoms with Gasteiger partial charge in [-0.1, -0.05) is 36.0 Å². The maximum Gasteiger partial charge on any atom is 0.338 e. The Bertz CT molecular complexity index is 991. The molecule has 0 saturated heterocycles. The third kappa shape index (κ3) is 6.63. The highest BCUT2D eigenvalue weighted by molar-refractivity contribution is 7.99. The minimum atomic E-state index is -0.438. The van der Waals surface area contributed by atoms with Crippen LogP contribution in [0, 0.1) is 0 Å². The molecule has 0 saturated carbocycles. The first-order valence-corrected chi connectivity index (χ1v) is 10.2. The second-order valence-electron chi connectivity index (χ2n) is 6.44. The summed E-state index contributed by atoms with van der Waals surface area (Å²) in [5.74, 6) is 0.380. The number of hydrogen-bond acceptors (Lipinski definition) is 8. The number of ether oxygens (including phenoxy) is 2. The summed E-state index contributed by atoms with van der Waals surface area (Å²) in [6.45, 7) is 3.69. The Kier molecular flexibility index (Phi) is 7.45. The average molecular weight is 427 g/mol. The molecule has 1 N–H and O–H groups in total. The van der Waals surface area contributed by atoms with Gasteiger partial charge in [0, 0.05) is 5.69 Å². The van der Waals surface area contributed by atoms with Crippen LogP contribution in [0.4, 0.5) is 5.69 Å². The second kappa shape index (κ2) is 10.4. The summed E-state index contributed by atoms with van der Waals surface area (Å²) in [4.78, 5) is 24.2. The Morgan fingerprint density at radius 2 is 1.90 bits per heavy atom. The third-order valence-electron chi connectivity index (χ3n) is 3.61. The van der Waals surface area contributed by atoms with Gasteiger partial charge >= 0.3 is 5.97 Å². The van der Waals surface area contributed by atoms with E-state index in [4.69, 9.17) is 13.9 Å². The largest absolute Gasteiger partial charge is 0.484 e. The summed E-state index contributed by atoms with van der Waals surface area (Å²) in [6, 6.07) is 15.9. The molecule has 0 fully saturated rings. The van der Waals surface area contributed by atoms with Gasteiger partial charge in [-0.05, 0) is 44.2 Å². The van der Waals surface area contributed by atoms with E-state index in [1.165, 1.54) is 0 Å². The zero-order valence-corrected chi connectivity index (χ0v) is 17.3. The summed E-state index contributed by atoms with van der Waals surface area (Å²) in [5.41, 5.74) is 0.871. The van der Waals surface area contributed by atoms with Crippen LogP contribution in [0.2, 0.25) is 0 Å². The fourth-order valence-corrected chi connectivity index (χ4v) is 2.93. The molecule has 3 rings (SSSR count). The van der Waals surface area contributed by atoms with Crippen LogP contribution in [-0.2, 0) is 16.1 Å². The van der Waals surface area contributed by atoms with Gasteiger partial charge < -0.3 is 19.2 Å². The highest BCUT2D eigenvalue weighted by atomic mass is 32.2. The lowest BCUT2D eigenvalue weighted by Crippen LogP contribution is -2.15. The minimum Gasteiger partial charge on any atom is -0.484 e. The molecule has 1 heterocycles. The van der Waals surface area contributed by atoms with Crippen LogP contribution in [0.5, 0.6) is 5.75 Å². The zero-order valence-electron chi connectivity index (χ0n) is 16.5. The van der Waals surface area contributed by atoms with Crippen molar-refractivity contribution in [1.29, 1.82) is 0 Å². The monoisotopic (exact) mass is 427 g/mol. The second-order valence-corrected chi connectivity index (χ2v) is 7.36. The standard InChI is InChI=1S/C21H21N3O5S/c1-14(2)28-20(26)15-7-6-8-16(11-15)22-18(25)13-30-21-24-23-19(29-21)12-27-17-9-4-3-5-10-17/h3-11,14H,12-13H2,1-2H3,(H,22,25). The van der Waals surface area contributed by atoms with Crippen LogP contribution in [0.25, 0.3) is 0 Å². The molecule has 1 aromatic heterocycles. The first-order chi connectivity index (χ1) is 14.5. The van der Waals surface area contributed by atoms with Gasteiger partial charge in [0.05, 0.1) is 17.4 Å². The molecule has 0 aliphatic heterocycles. The van der Waals surface area contributed by atoms with Crippen molar-refractivity contribution in [3.63, 3.8) is 0 Å². The molecule has 156 valence electrons. The Morgan fingerprint density at radius 1 is 1.10 bits per heavy atom. The predicted molar refractivity (Wildman–Crippen MR) is 111 cm³/mol. The van der Waals surface area contributed by atoms with Crippen molar-refractivity contribution in [3.8, 4) is 5.75 Å². The van der Waals surface area contributed by atoms with Gasteiger partial charge in [0.2, 0.25) is 5.91 Å². The van der Waals surface area contributed by atoms with Gasteiger partial charge in [-0.3, -0.25) is 4.79 Å². The van der Waals surface area contributed by atoms with Gasteiger partial charge in [-0.2, -0.15) is 0 Å². The Labute approximate surface area is 178 Å². The first-order valence-electron chi connectivity index (χ1n) is 9.23. The van der Waals surface area contributed by atoms with Gasteiger partial charge in [-0.25, -0.2) is 4.79 Å². The normalized spacial score (nSPS) is 10.6. The molecule has 0 atom stereocenters. The number of hydrogen-bond donors (Lipinski definition) is 1. The number of carbonyl (C=O) groups is 2. The number of thioether (sulfide) groups is 1. The van der Waals surface area contributed by atoms with E-state index in [9.17, 15) is 9.59 Å². The van der Waals surface area contributed by atoms with E-state index in [0.717, 1.165) is 11.8 Å². The summed E-state index contributed by atoms with van der Waals surface area (Å²) in [7, 11) is 0. The lowest BCUT2D eigenvalue weighted by molar-refractivity contribution is -0.113. The van der Waals surface area contributed by atoms with E-state index in [-0.39, 0.29) is 29.6 Å². The van der Waals surface area contributed by atoms with Crippen LogP contribution in [0.3, 0.4) is 0 Å². The van der Waals surface area contributed by atoms with Gasteiger partial charge in [0.15, 0.2) is 6.61 Å².